The summed E-state index contributed by atoms with van der Waals surface area (Å²) in [4.78, 5) is 1.14. The van der Waals surface area contributed by atoms with Gasteiger partial charge in [0.1, 0.15) is 5.82 Å². The summed E-state index contributed by atoms with van der Waals surface area (Å²) in [5.74, 6) is -0.194. The molecular weight excluding hydrogens is 183 g/mol. The van der Waals surface area contributed by atoms with Crippen molar-refractivity contribution in [2.75, 3.05) is 0 Å². The number of hydrogen-bond acceptors (Lipinski definition) is 1. The van der Waals surface area contributed by atoms with E-state index in [0.717, 1.165) is 16.0 Å². The van der Waals surface area contributed by atoms with Crippen LogP contribution < -0.4 is 0 Å². The molecule has 0 saturated heterocycles. The van der Waals surface area contributed by atoms with Crippen LogP contribution in [0.1, 0.15) is 5.56 Å². The van der Waals surface area contributed by atoms with Gasteiger partial charge >= 0.3 is 0 Å². The first-order valence-corrected chi connectivity index (χ1v) is 4.81. The second kappa shape index (κ2) is 3.30. The van der Waals surface area contributed by atoms with Gasteiger partial charge in [-0.2, -0.15) is 0 Å². The highest BCUT2D eigenvalue weighted by atomic mass is 32.1. The van der Waals surface area contributed by atoms with Gasteiger partial charge in [-0.1, -0.05) is 12.1 Å². The van der Waals surface area contributed by atoms with Gasteiger partial charge in [-0.3, -0.25) is 0 Å². The van der Waals surface area contributed by atoms with Gasteiger partial charge in [0.05, 0.1) is 0 Å². The van der Waals surface area contributed by atoms with Crippen LogP contribution in [0.25, 0.3) is 10.4 Å². The Hall–Kier alpha value is -1.15. The van der Waals surface area contributed by atoms with Crippen LogP contribution in [0.3, 0.4) is 0 Å². The van der Waals surface area contributed by atoms with Gasteiger partial charge in [0.2, 0.25) is 0 Å². The Labute approximate surface area is 80.7 Å². The van der Waals surface area contributed by atoms with Gasteiger partial charge in [0.25, 0.3) is 0 Å². The van der Waals surface area contributed by atoms with E-state index in [1.54, 1.807) is 23.5 Å². The van der Waals surface area contributed by atoms with E-state index in [2.05, 4.69) is 11.4 Å². The van der Waals surface area contributed by atoms with E-state index in [1.807, 2.05) is 6.92 Å². The van der Waals surface area contributed by atoms with E-state index >= 15 is 0 Å². The zero-order valence-corrected chi connectivity index (χ0v) is 7.99. The topological polar surface area (TPSA) is 0 Å². The summed E-state index contributed by atoms with van der Waals surface area (Å²) in [6.07, 6.45) is 0. The van der Waals surface area contributed by atoms with E-state index in [9.17, 15) is 4.39 Å². The minimum Gasteiger partial charge on any atom is -0.207 e. The van der Waals surface area contributed by atoms with Crippen molar-refractivity contribution in [2.24, 2.45) is 0 Å². The minimum absolute atomic E-state index is 0.194. The molecule has 1 aromatic carbocycles. The maximum atomic E-state index is 12.6. The average Bonchev–Trinajstić information content (AvgIpc) is 2.53. The molecule has 1 heterocycles. The molecule has 0 spiro atoms. The Kier molecular flexibility index (Phi) is 2.15. The lowest BCUT2D eigenvalue weighted by atomic mass is 10.2. The van der Waals surface area contributed by atoms with Crippen LogP contribution in [0.15, 0.2) is 30.3 Å². The molecule has 2 aromatic rings. The molecule has 0 aliphatic rings. The van der Waals surface area contributed by atoms with Crippen LogP contribution in [0.5, 0.6) is 0 Å². The second-order valence-corrected chi connectivity index (χ2v) is 3.75. The molecule has 2 rings (SSSR count). The number of hydrogen-bond donors (Lipinski definition) is 0. The lowest BCUT2D eigenvalue weighted by Crippen LogP contribution is -1.73. The summed E-state index contributed by atoms with van der Waals surface area (Å²) in [5, 5.41) is 3.13. The third kappa shape index (κ3) is 1.78. The SMILES string of the molecule is Cc1[c]sc(-c2ccc(F)cc2)c1. The smallest absolute Gasteiger partial charge is 0.123 e. The highest BCUT2D eigenvalue weighted by molar-refractivity contribution is 7.13. The Morgan fingerprint density at radius 2 is 1.92 bits per heavy atom. The van der Waals surface area contributed by atoms with Crippen LogP contribution in [0.4, 0.5) is 4.39 Å². The van der Waals surface area contributed by atoms with E-state index in [-0.39, 0.29) is 5.82 Å². The molecule has 65 valence electrons. The molecule has 1 aromatic heterocycles. The Morgan fingerprint density at radius 3 is 2.46 bits per heavy atom. The van der Waals surface area contributed by atoms with Crippen LogP contribution in [0.2, 0.25) is 0 Å². The highest BCUT2D eigenvalue weighted by Gasteiger charge is 2.00. The predicted molar refractivity (Wildman–Crippen MR) is 53.3 cm³/mol. The quantitative estimate of drug-likeness (QED) is 0.645. The Morgan fingerprint density at radius 1 is 1.23 bits per heavy atom. The van der Waals surface area contributed by atoms with Crippen LogP contribution in [-0.2, 0) is 0 Å². The molecule has 0 atom stereocenters. The Bertz CT molecular complexity index is 400. The predicted octanol–water partition coefficient (Wildman–Crippen LogP) is 3.66. The molecule has 13 heavy (non-hydrogen) atoms. The molecule has 1 radical (unpaired) electrons. The summed E-state index contributed by atoms with van der Waals surface area (Å²) < 4.78 is 12.6. The number of aryl methyl sites for hydroxylation is 1. The largest absolute Gasteiger partial charge is 0.207 e. The summed E-state index contributed by atoms with van der Waals surface area (Å²) in [7, 11) is 0. The van der Waals surface area contributed by atoms with Gasteiger partial charge in [-0.15, -0.1) is 11.3 Å². The number of thiophene rings is 1. The first kappa shape index (κ1) is 8.45. The van der Waals surface area contributed by atoms with Crippen LogP contribution in [-0.4, -0.2) is 0 Å². The third-order valence-corrected chi connectivity index (χ3v) is 2.80. The van der Waals surface area contributed by atoms with Gasteiger partial charge in [-0.05, 0) is 36.2 Å². The molecular formula is C11H8FS. The van der Waals surface area contributed by atoms with Crippen molar-refractivity contribution in [3.63, 3.8) is 0 Å². The first-order chi connectivity index (χ1) is 6.25. The maximum absolute atomic E-state index is 12.6. The highest BCUT2D eigenvalue weighted by Crippen LogP contribution is 2.26. The molecule has 0 saturated carbocycles. The molecule has 0 N–H and O–H groups in total. The van der Waals surface area contributed by atoms with Crippen molar-refractivity contribution in [2.45, 2.75) is 6.92 Å². The molecule has 0 aliphatic heterocycles. The van der Waals surface area contributed by atoms with Gasteiger partial charge < -0.3 is 0 Å². The van der Waals surface area contributed by atoms with E-state index in [4.69, 9.17) is 0 Å². The van der Waals surface area contributed by atoms with Crippen molar-refractivity contribution in [1.29, 1.82) is 0 Å². The molecule has 0 amide bonds. The van der Waals surface area contributed by atoms with Crippen molar-refractivity contribution in [3.8, 4) is 10.4 Å². The summed E-state index contributed by atoms with van der Waals surface area (Å²) in [6, 6.07) is 8.58. The molecule has 0 fully saturated rings. The molecule has 2 heteroatoms. The van der Waals surface area contributed by atoms with Crippen molar-refractivity contribution < 1.29 is 4.39 Å². The number of halogens is 1. The van der Waals surface area contributed by atoms with Crippen molar-refractivity contribution in [3.05, 3.63) is 47.1 Å². The van der Waals surface area contributed by atoms with Gasteiger partial charge in [-0.25, -0.2) is 4.39 Å². The summed E-state index contributed by atoms with van der Waals surface area (Å²) >= 11 is 1.56. The van der Waals surface area contributed by atoms with Gasteiger partial charge in [0, 0.05) is 10.3 Å². The first-order valence-electron chi connectivity index (χ1n) is 4.00. The minimum atomic E-state index is -0.194. The maximum Gasteiger partial charge on any atom is 0.123 e. The number of benzene rings is 1. The molecule has 0 bridgehead atoms. The van der Waals surface area contributed by atoms with Crippen LogP contribution in [0, 0.1) is 18.1 Å². The molecule has 0 nitrogen and oxygen atoms in total. The lowest BCUT2D eigenvalue weighted by molar-refractivity contribution is 0.628. The zero-order valence-electron chi connectivity index (χ0n) is 7.17. The summed E-state index contributed by atoms with van der Waals surface area (Å²) in [6.45, 7) is 2.00. The van der Waals surface area contributed by atoms with E-state index < -0.39 is 0 Å². The third-order valence-electron chi connectivity index (χ3n) is 1.80. The van der Waals surface area contributed by atoms with Crippen molar-refractivity contribution >= 4 is 11.3 Å². The lowest BCUT2D eigenvalue weighted by Gasteiger charge is -1.95. The molecule has 0 aliphatic carbocycles. The van der Waals surface area contributed by atoms with Crippen molar-refractivity contribution in [1.82, 2.24) is 0 Å². The fourth-order valence-corrected chi connectivity index (χ4v) is 1.97. The fourth-order valence-electron chi connectivity index (χ4n) is 1.15. The average molecular weight is 191 g/mol. The Balaban J connectivity index is 2.41. The van der Waals surface area contributed by atoms with E-state index in [0.29, 0.717) is 0 Å². The summed E-state index contributed by atoms with van der Waals surface area (Å²) in [5.41, 5.74) is 2.18. The monoisotopic (exact) mass is 191 g/mol. The fraction of sp³-hybridized carbons (Fsp3) is 0.0909. The van der Waals surface area contributed by atoms with Crippen LogP contribution >= 0.6 is 11.3 Å². The number of rotatable bonds is 1. The standard InChI is InChI=1S/C11H8FS/c1-8-6-11(13-7-8)9-2-4-10(12)5-3-9/h2-6H,1H3. The zero-order chi connectivity index (χ0) is 9.26. The second-order valence-electron chi connectivity index (χ2n) is 2.90. The normalized spacial score (nSPS) is 10.3. The van der Waals surface area contributed by atoms with Gasteiger partial charge in [0.15, 0.2) is 0 Å². The molecule has 0 unspecified atom stereocenters. The van der Waals surface area contributed by atoms with E-state index in [1.165, 1.54) is 12.1 Å².